The number of benzene rings is 2. The van der Waals surface area contributed by atoms with Crippen LogP contribution in [0, 0.1) is 11.8 Å². The van der Waals surface area contributed by atoms with E-state index in [1.54, 1.807) is 0 Å². The molecule has 0 saturated carbocycles. The second-order valence-electron chi connectivity index (χ2n) is 22.5. The van der Waals surface area contributed by atoms with Crippen molar-refractivity contribution in [2.75, 3.05) is 0 Å². The fourth-order valence-corrected chi connectivity index (χ4v) is 11.7. The zero-order chi connectivity index (χ0) is 53.0. The summed E-state index contributed by atoms with van der Waals surface area (Å²) >= 11 is 2.03. The fraction of sp³-hybridized carbons (Fsp3) is 0.746. The van der Waals surface area contributed by atoms with Crippen molar-refractivity contribution in [2.45, 2.75) is 341 Å². The van der Waals surface area contributed by atoms with Crippen LogP contribution in [0.15, 0.2) is 60.2 Å². The molecule has 0 fully saturated rings. The summed E-state index contributed by atoms with van der Waals surface area (Å²) in [5.74, 6) is 6.96. The van der Waals surface area contributed by atoms with Crippen molar-refractivity contribution in [1.29, 1.82) is 0 Å². The molecule has 3 rings (SSSR count). The van der Waals surface area contributed by atoms with Gasteiger partial charge in [-0.1, -0.05) is 198 Å². The molecular weight excluding hydrogens is 939 g/mol. The van der Waals surface area contributed by atoms with E-state index >= 15 is 0 Å². The molecule has 424 valence electrons. The summed E-state index contributed by atoms with van der Waals surface area (Å²) < 4.78 is 1.39. The molecule has 0 bridgehead atoms. The Morgan fingerprint density at radius 1 is 0.378 bits per heavy atom. The summed E-state index contributed by atoms with van der Waals surface area (Å²) in [7, 11) is 0. The maximum absolute atomic E-state index is 11.6. The number of hydrogen-bond acceptors (Lipinski definition) is 0. The summed E-state index contributed by atoms with van der Waals surface area (Å²) in [5.41, 5.74) is 18.9. The van der Waals surface area contributed by atoms with Gasteiger partial charge in [-0.2, -0.15) is 0 Å². The van der Waals surface area contributed by atoms with E-state index in [1.807, 2.05) is 14.4 Å². The average molecular weight is 1060 g/mol. The van der Waals surface area contributed by atoms with E-state index in [4.69, 9.17) is 0 Å². The van der Waals surface area contributed by atoms with Gasteiger partial charge in [0.2, 0.25) is 11.4 Å². The molecule has 0 saturated heterocycles. The molecular formula is C71H120N2Ni. The van der Waals surface area contributed by atoms with E-state index in [1.165, 1.54) is 296 Å². The first-order chi connectivity index (χ1) is 36.6. The van der Waals surface area contributed by atoms with E-state index in [-0.39, 0.29) is 0 Å². The minimum atomic E-state index is 0.814. The van der Waals surface area contributed by atoms with Gasteiger partial charge in [-0.3, -0.25) is 0 Å². The Balaban J connectivity index is 0.000000684. The molecule has 0 radical (unpaired) electrons. The average Bonchev–Trinajstić information content (AvgIpc) is 3.75. The number of allylic oxidation sites excluding steroid dienone is 2. The van der Waals surface area contributed by atoms with E-state index in [2.05, 4.69) is 101 Å². The standard InChI is InChI=1S/C49H74N2.2C11H23.Ni/c1-4-7-10-11-12-13-14-15-16-17-18-19-20-21-22-23-24-25-26-27-28-29-30-37-47-42-48(45-38-31-35-43(40-45)33-8-5-2)51(50)49(47)46-39-32-36-44(41-46)34-9-6-3;2*1-3-5-7-9-11-10-8-6-4-2;/h31-32,35-36,38-42H,4-29,33-34H2,1-3H3;2*1,3-11H2,2H3;. The molecule has 0 N–H and O–H groups in total. The molecule has 0 amide bonds. The van der Waals surface area contributed by atoms with Crippen LogP contribution in [0.4, 0.5) is 0 Å². The molecule has 0 aromatic heterocycles. The third kappa shape index (κ3) is 36.6. The number of hydrogen-bond donors (Lipinski definition) is 0. The van der Waals surface area contributed by atoms with Crippen LogP contribution < -0.4 is 0 Å². The van der Waals surface area contributed by atoms with Crippen molar-refractivity contribution in [1.82, 2.24) is 0 Å². The number of aryl methyl sites for hydroxylation is 2. The van der Waals surface area contributed by atoms with E-state index < -0.39 is 0 Å². The first-order valence-electron chi connectivity index (χ1n) is 32.7. The van der Waals surface area contributed by atoms with Crippen LogP contribution in [0.25, 0.3) is 16.9 Å². The zero-order valence-corrected chi connectivity index (χ0v) is 50.8. The van der Waals surface area contributed by atoms with Gasteiger partial charge >= 0.3 is 155 Å². The van der Waals surface area contributed by atoms with Gasteiger partial charge in [-0.05, 0) is 67.5 Å². The van der Waals surface area contributed by atoms with E-state index in [0.717, 1.165) is 53.8 Å². The van der Waals surface area contributed by atoms with Crippen LogP contribution in [-0.2, 0) is 27.3 Å². The zero-order valence-electron chi connectivity index (χ0n) is 49.8. The quantitative estimate of drug-likeness (QED) is 0.0273. The second kappa shape index (κ2) is 51.3. The molecule has 2 aromatic carbocycles. The molecule has 0 atom stereocenters. The molecule has 0 spiro atoms. The van der Waals surface area contributed by atoms with Crippen molar-refractivity contribution >= 4 is 11.4 Å². The first-order valence-corrected chi connectivity index (χ1v) is 34.1. The summed E-state index contributed by atoms with van der Waals surface area (Å²) in [6.45, 7) is 11.4. The van der Waals surface area contributed by atoms with E-state index in [0.29, 0.717) is 0 Å². The van der Waals surface area contributed by atoms with E-state index in [9.17, 15) is 5.53 Å². The minimum absolute atomic E-state index is 0.814. The third-order valence-electron chi connectivity index (χ3n) is 15.3. The van der Waals surface area contributed by atoms with Crippen LogP contribution in [-0.4, -0.2) is 4.70 Å². The summed E-state index contributed by atoms with van der Waals surface area (Å²) in [4.78, 5) is 0. The molecule has 1 aliphatic rings. The Kier molecular flexibility index (Phi) is 47.0. The van der Waals surface area contributed by atoms with Crippen molar-refractivity contribution in [3.63, 3.8) is 0 Å². The number of rotatable bonds is 49. The van der Waals surface area contributed by atoms with Crippen molar-refractivity contribution in [3.05, 3.63) is 88.0 Å². The van der Waals surface area contributed by atoms with Crippen LogP contribution in [0.5, 0.6) is 0 Å². The number of nitrogens with zero attached hydrogens (tertiary/aromatic N) is 2. The third-order valence-corrected chi connectivity index (χ3v) is 16.7. The molecule has 2 aromatic rings. The molecule has 0 unspecified atom stereocenters. The predicted octanol–water partition coefficient (Wildman–Crippen LogP) is 24.7. The van der Waals surface area contributed by atoms with Gasteiger partial charge in [0.25, 0.3) is 0 Å². The van der Waals surface area contributed by atoms with Gasteiger partial charge < -0.3 is 5.53 Å². The molecule has 74 heavy (non-hydrogen) atoms. The molecule has 1 heterocycles. The molecule has 2 nitrogen and oxygen atoms in total. The second-order valence-corrected chi connectivity index (χ2v) is 23.9. The van der Waals surface area contributed by atoms with Crippen molar-refractivity contribution in [2.24, 2.45) is 0 Å². The van der Waals surface area contributed by atoms with Gasteiger partial charge in [0.1, 0.15) is 5.57 Å². The normalized spacial score (nSPS) is 12.3. The number of unbranched alkanes of at least 4 members (excludes halogenated alkanes) is 39. The Labute approximate surface area is 468 Å². The van der Waals surface area contributed by atoms with Crippen LogP contribution in [0.1, 0.15) is 339 Å². The Bertz CT molecular complexity index is 1700. The Morgan fingerprint density at radius 2 is 0.703 bits per heavy atom. The van der Waals surface area contributed by atoms with Gasteiger partial charge in [-0.15, -0.1) is 0 Å². The van der Waals surface area contributed by atoms with Crippen LogP contribution in [0.2, 0.25) is 10.8 Å². The maximum atomic E-state index is 11.6. The van der Waals surface area contributed by atoms with Gasteiger partial charge in [0.15, 0.2) is 0 Å². The molecule has 0 aliphatic carbocycles. The van der Waals surface area contributed by atoms with Crippen LogP contribution in [0.3, 0.4) is 0 Å². The monoisotopic (exact) mass is 1060 g/mol. The van der Waals surface area contributed by atoms with Gasteiger partial charge in [0, 0.05) is 23.6 Å². The SMILES string of the molecule is CCCCCCCCCCCCCCCCCCCCCCCC#CC1=C(c2cccc(CCCC)c2)[N+](=[N-])C(c2cccc(CCCC)c2)=C1.CCCCCCCCCC[CH2][Ni][CH2]CCCCCCCCCC. The molecule has 1 aliphatic heterocycles. The van der Waals surface area contributed by atoms with Crippen molar-refractivity contribution in [3.8, 4) is 11.8 Å². The predicted molar refractivity (Wildman–Crippen MR) is 328 cm³/mol. The fourth-order valence-electron chi connectivity index (χ4n) is 10.4. The van der Waals surface area contributed by atoms with Crippen LogP contribution >= 0.6 is 0 Å². The summed E-state index contributed by atoms with van der Waals surface area (Å²) in [5, 5.41) is 2.86. The first kappa shape index (κ1) is 67.7. The molecule has 3 heteroatoms. The Hall–Kier alpha value is -2.43. The Morgan fingerprint density at radius 3 is 1.08 bits per heavy atom. The topological polar surface area (TPSA) is 25.3 Å². The summed E-state index contributed by atoms with van der Waals surface area (Å²) in [6.07, 6.45) is 65.6. The van der Waals surface area contributed by atoms with Gasteiger partial charge in [0.05, 0.1) is 0 Å². The summed E-state index contributed by atoms with van der Waals surface area (Å²) in [6, 6.07) is 17.3. The van der Waals surface area contributed by atoms with Gasteiger partial charge in [-0.25, -0.2) is 4.70 Å². The van der Waals surface area contributed by atoms with Crippen molar-refractivity contribution < 1.29 is 19.1 Å².